The van der Waals surface area contributed by atoms with E-state index in [0.29, 0.717) is 6.54 Å². The zero-order valence-corrected chi connectivity index (χ0v) is 25.2. The first-order chi connectivity index (χ1) is 19.8. The maximum atomic E-state index is 12.6. The van der Waals surface area contributed by atoms with Gasteiger partial charge in [0.15, 0.2) is 0 Å². The fourth-order valence-electron chi connectivity index (χ4n) is 5.61. The van der Waals surface area contributed by atoms with Crippen LogP contribution in [-0.2, 0) is 22.3 Å². The fraction of sp³-hybridized carbons (Fsp3) is 0.412. The molecule has 6 nitrogen and oxygen atoms in total. The van der Waals surface area contributed by atoms with Gasteiger partial charge in [0, 0.05) is 31.0 Å². The minimum atomic E-state index is -3.27. The van der Waals surface area contributed by atoms with E-state index in [2.05, 4.69) is 11.5 Å². The summed E-state index contributed by atoms with van der Waals surface area (Å²) < 4.78 is 29.0. The molecule has 0 amide bonds. The van der Waals surface area contributed by atoms with Crippen molar-refractivity contribution < 1.29 is 18.6 Å². The lowest BCUT2D eigenvalue weighted by Gasteiger charge is -2.17. The van der Waals surface area contributed by atoms with Crippen molar-refractivity contribution in [3.8, 4) is 22.8 Å². The zero-order valence-electron chi connectivity index (χ0n) is 24.4. The van der Waals surface area contributed by atoms with Crippen molar-refractivity contribution in [2.45, 2.75) is 77.0 Å². The largest absolute Gasteiger partial charge is 0.508 e. The number of aromatic nitrogens is 1. The summed E-state index contributed by atoms with van der Waals surface area (Å²) in [6.45, 7) is 3.59. The highest BCUT2D eigenvalue weighted by Gasteiger charge is 2.18. The highest BCUT2D eigenvalue weighted by molar-refractivity contribution is 7.88. The standard InChI is InChI=1S/C34H44N2O4S/c1-27-32-25-31(38)21-22-33(32)36(34(27)29-17-19-30(37)20-18-29)24-14-9-7-5-3-4-6-8-13-23-35(2)41(39,40)26-28-15-11-10-12-16-28/h10-12,15-22,25,37-38H,3-9,13-14,23-24,26H2,1-2H3. The van der Waals surface area contributed by atoms with E-state index in [4.69, 9.17) is 0 Å². The second-order valence-corrected chi connectivity index (χ2v) is 13.2. The predicted octanol–water partition coefficient (Wildman–Crippen LogP) is 8.00. The Labute approximate surface area is 245 Å². The van der Waals surface area contributed by atoms with Gasteiger partial charge in [0.1, 0.15) is 11.5 Å². The number of fused-ring (bicyclic) bond motifs is 1. The number of phenolic OH excluding ortho intramolecular Hbond substituents is 2. The predicted molar refractivity (Wildman–Crippen MR) is 169 cm³/mol. The van der Waals surface area contributed by atoms with Crippen LogP contribution in [0, 0.1) is 6.92 Å². The van der Waals surface area contributed by atoms with Gasteiger partial charge in [-0.3, -0.25) is 0 Å². The molecule has 1 heterocycles. The first-order valence-corrected chi connectivity index (χ1v) is 16.5. The molecule has 3 aromatic carbocycles. The van der Waals surface area contributed by atoms with Crippen LogP contribution in [0.4, 0.5) is 0 Å². The summed E-state index contributed by atoms with van der Waals surface area (Å²) in [5.41, 5.74) is 5.30. The van der Waals surface area contributed by atoms with Gasteiger partial charge in [-0.15, -0.1) is 0 Å². The molecule has 4 aromatic rings. The third-order valence-corrected chi connectivity index (χ3v) is 9.79. The van der Waals surface area contributed by atoms with Crippen molar-refractivity contribution in [2.24, 2.45) is 0 Å². The Morgan fingerprint density at radius 1 is 0.732 bits per heavy atom. The van der Waals surface area contributed by atoms with Crippen molar-refractivity contribution >= 4 is 20.9 Å². The van der Waals surface area contributed by atoms with Crippen molar-refractivity contribution in [3.63, 3.8) is 0 Å². The summed E-state index contributed by atoms with van der Waals surface area (Å²) >= 11 is 0. The van der Waals surface area contributed by atoms with Gasteiger partial charge in [-0.1, -0.05) is 75.3 Å². The van der Waals surface area contributed by atoms with E-state index in [1.54, 1.807) is 25.2 Å². The number of aromatic hydroxyl groups is 2. The number of phenols is 2. The van der Waals surface area contributed by atoms with Gasteiger partial charge >= 0.3 is 0 Å². The fourth-order valence-corrected chi connectivity index (χ4v) is 6.85. The van der Waals surface area contributed by atoms with Crippen molar-refractivity contribution in [1.29, 1.82) is 0 Å². The molecule has 0 bridgehead atoms. The van der Waals surface area contributed by atoms with Crippen LogP contribution in [0.2, 0.25) is 0 Å². The number of aryl methyl sites for hydroxylation is 2. The van der Waals surface area contributed by atoms with Crippen LogP contribution < -0.4 is 0 Å². The van der Waals surface area contributed by atoms with E-state index in [1.807, 2.05) is 54.6 Å². The van der Waals surface area contributed by atoms with Gasteiger partial charge in [-0.2, -0.15) is 0 Å². The summed E-state index contributed by atoms with van der Waals surface area (Å²) in [4.78, 5) is 0. The lowest BCUT2D eigenvalue weighted by Crippen LogP contribution is -2.29. The molecular weight excluding hydrogens is 532 g/mol. The molecule has 0 saturated carbocycles. The number of unbranched alkanes of at least 4 members (excludes halogenated alkanes) is 8. The van der Waals surface area contributed by atoms with Gasteiger partial charge in [-0.05, 0) is 78.9 Å². The second kappa shape index (κ2) is 14.6. The molecule has 0 unspecified atom stereocenters. The number of hydrogen-bond donors (Lipinski definition) is 2. The molecule has 1 aromatic heterocycles. The van der Waals surface area contributed by atoms with E-state index in [9.17, 15) is 18.6 Å². The highest BCUT2D eigenvalue weighted by Crippen LogP contribution is 2.36. The Hall–Kier alpha value is -3.29. The third-order valence-electron chi connectivity index (χ3n) is 7.96. The SMILES string of the molecule is Cc1c(-c2ccc(O)cc2)n(CCCCCCCCCCCN(C)S(=O)(=O)Cc2ccccc2)c2ccc(O)cc12. The molecule has 0 saturated heterocycles. The number of nitrogens with zero attached hydrogens (tertiary/aromatic N) is 2. The van der Waals surface area contributed by atoms with Gasteiger partial charge in [-0.25, -0.2) is 12.7 Å². The normalized spacial score (nSPS) is 12.0. The number of hydrogen-bond acceptors (Lipinski definition) is 4. The van der Waals surface area contributed by atoms with E-state index >= 15 is 0 Å². The molecule has 220 valence electrons. The van der Waals surface area contributed by atoms with E-state index in [0.717, 1.165) is 71.9 Å². The van der Waals surface area contributed by atoms with Gasteiger partial charge in [0.2, 0.25) is 10.0 Å². The Morgan fingerprint density at radius 2 is 1.32 bits per heavy atom. The lowest BCUT2D eigenvalue weighted by atomic mass is 10.1. The maximum Gasteiger partial charge on any atom is 0.218 e. The van der Waals surface area contributed by atoms with Gasteiger partial charge in [0.05, 0.1) is 11.4 Å². The molecule has 0 spiro atoms. The van der Waals surface area contributed by atoms with Crippen LogP contribution in [0.25, 0.3) is 22.2 Å². The quantitative estimate of drug-likeness (QED) is 0.132. The molecule has 7 heteroatoms. The second-order valence-electron chi connectivity index (χ2n) is 11.1. The molecule has 0 aliphatic rings. The van der Waals surface area contributed by atoms with E-state index in [1.165, 1.54) is 30.0 Å². The van der Waals surface area contributed by atoms with Gasteiger partial charge < -0.3 is 14.8 Å². The molecular formula is C34H44N2O4S. The molecule has 0 fully saturated rings. The van der Waals surface area contributed by atoms with E-state index in [-0.39, 0.29) is 17.3 Å². The minimum absolute atomic E-state index is 0.0617. The Balaban J connectivity index is 1.15. The molecule has 0 radical (unpaired) electrons. The monoisotopic (exact) mass is 576 g/mol. The summed E-state index contributed by atoms with van der Waals surface area (Å²) in [6, 6.07) is 22.3. The average molecular weight is 577 g/mol. The third kappa shape index (κ3) is 8.37. The summed E-state index contributed by atoms with van der Waals surface area (Å²) in [7, 11) is -1.58. The van der Waals surface area contributed by atoms with Crippen LogP contribution in [0.3, 0.4) is 0 Å². The lowest BCUT2D eigenvalue weighted by molar-refractivity contribution is 0.447. The van der Waals surface area contributed by atoms with Crippen LogP contribution in [0.1, 0.15) is 68.9 Å². The number of benzene rings is 3. The van der Waals surface area contributed by atoms with Crippen molar-refractivity contribution in [1.82, 2.24) is 8.87 Å². The molecule has 0 aliphatic heterocycles. The molecule has 41 heavy (non-hydrogen) atoms. The van der Waals surface area contributed by atoms with Crippen LogP contribution in [0.5, 0.6) is 11.5 Å². The smallest absolute Gasteiger partial charge is 0.218 e. The van der Waals surface area contributed by atoms with Crippen LogP contribution in [0.15, 0.2) is 72.8 Å². The van der Waals surface area contributed by atoms with Crippen LogP contribution >= 0.6 is 0 Å². The first-order valence-electron chi connectivity index (χ1n) is 14.9. The number of sulfonamides is 1. The summed E-state index contributed by atoms with van der Waals surface area (Å²) in [5.74, 6) is 0.590. The summed E-state index contributed by atoms with van der Waals surface area (Å²) in [6.07, 6.45) is 10.2. The molecule has 4 rings (SSSR count). The Morgan fingerprint density at radius 3 is 1.98 bits per heavy atom. The number of rotatable bonds is 16. The van der Waals surface area contributed by atoms with E-state index < -0.39 is 10.0 Å². The average Bonchev–Trinajstić information content (AvgIpc) is 3.22. The summed E-state index contributed by atoms with van der Waals surface area (Å²) in [5, 5.41) is 20.9. The van der Waals surface area contributed by atoms with Gasteiger partial charge in [0.25, 0.3) is 0 Å². The molecule has 2 N–H and O–H groups in total. The Kier molecular flexibility index (Phi) is 10.9. The maximum absolute atomic E-state index is 12.6. The van der Waals surface area contributed by atoms with Crippen molar-refractivity contribution in [3.05, 3.63) is 83.9 Å². The van der Waals surface area contributed by atoms with Crippen LogP contribution in [-0.4, -0.2) is 41.1 Å². The molecule has 0 aliphatic carbocycles. The highest BCUT2D eigenvalue weighted by atomic mass is 32.2. The van der Waals surface area contributed by atoms with Crippen molar-refractivity contribution in [2.75, 3.05) is 13.6 Å². The Bertz CT molecular complexity index is 1500. The first kappa shape index (κ1) is 30.7. The molecule has 0 atom stereocenters. The minimum Gasteiger partial charge on any atom is -0.508 e. The topological polar surface area (TPSA) is 82.8 Å². The zero-order chi connectivity index (χ0) is 29.2.